The number of aryl methyl sites for hydroxylation is 2. The van der Waals surface area contributed by atoms with E-state index in [-0.39, 0.29) is 5.97 Å². The number of carbonyl (C=O) groups is 1. The van der Waals surface area contributed by atoms with Gasteiger partial charge in [-0.1, -0.05) is 17.7 Å². The van der Waals surface area contributed by atoms with Gasteiger partial charge in [0.1, 0.15) is 0 Å². The molecule has 1 N–H and O–H groups in total. The van der Waals surface area contributed by atoms with Crippen LogP contribution in [0.3, 0.4) is 0 Å². The van der Waals surface area contributed by atoms with Crippen LogP contribution in [0.25, 0.3) is 0 Å². The van der Waals surface area contributed by atoms with Gasteiger partial charge in [-0.25, -0.2) is 4.79 Å². The summed E-state index contributed by atoms with van der Waals surface area (Å²) in [5.41, 5.74) is 2.85. The number of hydrogen-bond acceptors (Lipinski definition) is 4. The van der Waals surface area contributed by atoms with E-state index in [1.54, 1.807) is 17.8 Å². The van der Waals surface area contributed by atoms with Crippen LogP contribution in [-0.2, 0) is 16.1 Å². The number of esters is 1. The standard InChI is InChI=1S/C16H21N3O2/c1-4-19-11-13(10-17-19)15(16(20)21-5-2)18-14-8-6-12(3)7-9-14/h6-11,15,18H,4-5H2,1-3H3. The summed E-state index contributed by atoms with van der Waals surface area (Å²) in [6, 6.07) is 7.35. The number of carbonyl (C=O) groups excluding carboxylic acids is 1. The molecular weight excluding hydrogens is 266 g/mol. The quantitative estimate of drug-likeness (QED) is 0.830. The predicted molar refractivity (Wildman–Crippen MR) is 82.1 cm³/mol. The molecular formula is C16H21N3O2. The van der Waals surface area contributed by atoms with Crippen molar-refractivity contribution in [2.24, 2.45) is 0 Å². The first kappa shape index (κ1) is 15.1. The summed E-state index contributed by atoms with van der Waals surface area (Å²) in [6.07, 6.45) is 3.56. The lowest BCUT2D eigenvalue weighted by Crippen LogP contribution is -2.23. The zero-order valence-corrected chi connectivity index (χ0v) is 12.7. The van der Waals surface area contributed by atoms with Crippen LogP contribution < -0.4 is 5.32 Å². The number of rotatable bonds is 6. The lowest BCUT2D eigenvalue weighted by Gasteiger charge is -2.17. The first-order valence-corrected chi connectivity index (χ1v) is 7.16. The number of aromatic nitrogens is 2. The van der Waals surface area contributed by atoms with Gasteiger partial charge in [-0.15, -0.1) is 0 Å². The van der Waals surface area contributed by atoms with Crippen molar-refractivity contribution in [2.45, 2.75) is 33.4 Å². The normalized spacial score (nSPS) is 12.0. The van der Waals surface area contributed by atoms with Gasteiger partial charge in [0.15, 0.2) is 6.04 Å². The van der Waals surface area contributed by atoms with Gasteiger partial charge in [0.2, 0.25) is 0 Å². The molecule has 0 saturated heterocycles. The molecule has 1 unspecified atom stereocenters. The van der Waals surface area contributed by atoms with E-state index < -0.39 is 6.04 Å². The number of hydrogen-bond donors (Lipinski definition) is 1. The molecule has 0 saturated carbocycles. The Labute approximate surface area is 124 Å². The maximum atomic E-state index is 12.2. The highest BCUT2D eigenvalue weighted by atomic mass is 16.5. The molecule has 0 radical (unpaired) electrons. The van der Waals surface area contributed by atoms with Gasteiger partial charge in [-0.2, -0.15) is 5.10 Å². The fourth-order valence-corrected chi connectivity index (χ4v) is 2.02. The first-order chi connectivity index (χ1) is 10.1. The van der Waals surface area contributed by atoms with Gasteiger partial charge in [-0.3, -0.25) is 4.68 Å². The van der Waals surface area contributed by atoms with E-state index in [4.69, 9.17) is 4.74 Å². The minimum atomic E-state index is -0.548. The molecule has 0 spiro atoms. The third-order valence-corrected chi connectivity index (χ3v) is 3.20. The minimum Gasteiger partial charge on any atom is -0.464 e. The average molecular weight is 287 g/mol. The second-order valence-electron chi connectivity index (χ2n) is 4.82. The monoisotopic (exact) mass is 287 g/mol. The molecule has 1 aromatic carbocycles. The van der Waals surface area contributed by atoms with Gasteiger partial charge < -0.3 is 10.1 Å². The molecule has 1 aromatic heterocycles. The number of nitrogens with one attached hydrogen (secondary N) is 1. The molecule has 2 aromatic rings. The molecule has 2 rings (SSSR count). The van der Waals surface area contributed by atoms with Crippen LogP contribution >= 0.6 is 0 Å². The van der Waals surface area contributed by atoms with Crippen LogP contribution in [0.15, 0.2) is 36.7 Å². The SMILES string of the molecule is CCOC(=O)C(Nc1ccc(C)cc1)c1cnn(CC)c1. The Bertz CT molecular complexity index is 590. The summed E-state index contributed by atoms with van der Waals surface area (Å²) in [5, 5.41) is 7.44. The molecule has 0 bridgehead atoms. The van der Waals surface area contributed by atoms with Crippen molar-refractivity contribution in [3.63, 3.8) is 0 Å². The zero-order valence-electron chi connectivity index (χ0n) is 12.7. The van der Waals surface area contributed by atoms with Crippen molar-refractivity contribution in [3.05, 3.63) is 47.8 Å². The zero-order chi connectivity index (χ0) is 15.2. The lowest BCUT2D eigenvalue weighted by molar-refractivity contribution is -0.144. The third-order valence-electron chi connectivity index (χ3n) is 3.20. The largest absolute Gasteiger partial charge is 0.464 e. The molecule has 21 heavy (non-hydrogen) atoms. The van der Waals surface area contributed by atoms with Gasteiger partial charge in [0.05, 0.1) is 12.8 Å². The van der Waals surface area contributed by atoms with Crippen LogP contribution in [0, 0.1) is 6.92 Å². The number of nitrogens with zero attached hydrogens (tertiary/aromatic N) is 2. The van der Waals surface area contributed by atoms with Crippen molar-refractivity contribution in [3.8, 4) is 0 Å². The summed E-state index contributed by atoms with van der Waals surface area (Å²) in [4.78, 5) is 12.2. The maximum absolute atomic E-state index is 12.2. The van der Waals surface area contributed by atoms with E-state index in [0.717, 1.165) is 17.8 Å². The highest BCUT2D eigenvalue weighted by molar-refractivity contribution is 5.81. The Kier molecular flexibility index (Phi) is 4.98. The van der Waals surface area contributed by atoms with Gasteiger partial charge >= 0.3 is 5.97 Å². The van der Waals surface area contributed by atoms with Gasteiger partial charge in [0.25, 0.3) is 0 Å². The third kappa shape index (κ3) is 3.84. The van der Waals surface area contributed by atoms with Crippen molar-refractivity contribution >= 4 is 11.7 Å². The van der Waals surface area contributed by atoms with Crippen molar-refractivity contribution in [1.29, 1.82) is 0 Å². The summed E-state index contributed by atoms with van der Waals surface area (Å²) in [6.45, 7) is 6.95. The van der Waals surface area contributed by atoms with Crippen LogP contribution in [0.4, 0.5) is 5.69 Å². The predicted octanol–water partition coefficient (Wildman–Crippen LogP) is 2.93. The Morgan fingerprint density at radius 3 is 2.62 bits per heavy atom. The molecule has 0 aliphatic heterocycles. The van der Waals surface area contributed by atoms with Crippen LogP contribution in [0.1, 0.15) is 31.0 Å². The Morgan fingerprint density at radius 1 is 1.33 bits per heavy atom. The number of anilines is 1. The fourth-order valence-electron chi connectivity index (χ4n) is 2.02. The van der Waals surface area contributed by atoms with E-state index in [2.05, 4.69) is 10.4 Å². The highest BCUT2D eigenvalue weighted by Crippen LogP contribution is 2.21. The number of ether oxygens (including phenoxy) is 1. The maximum Gasteiger partial charge on any atom is 0.333 e. The van der Waals surface area contributed by atoms with Crippen molar-refractivity contribution < 1.29 is 9.53 Å². The molecule has 112 valence electrons. The fraction of sp³-hybridized carbons (Fsp3) is 0.375. The topological polar surface area (TPSA) is 56.1 Å². The first-order valence-electron chi connectivity index (χ1n) is 7.16. The van der Waals surface area contributed by atoms with E-state index >= 15 is 0 Å². The Balaban J connectivity index is 2.23. The Morgan fingerprint density at radius 2 is 2.05 bits per heavy atom. The van der Waals surface area contributed by atoms with E-state index in [1.807, 2.05) is 44.3 Å². The summed E-state index contributed by atoms with van der Waals surface area (Å²) in [7, 11) is 0. The van der Waals surface area contributed by atoms with Gasteiger partial charge in [0, 0.05) is 24.0 Å². The van der Waals surface area contributed by atoms with E-state index in [1.165, 1.54) is 5.56 Å². The summed E-state index contributed by atoms with van der Waals surface area (Å²) < 4.78 is 6.95. The van der Waals surface area contributed by atoms with Gasteiger partial charge in [-0.05, 0) is 32.9 Å². The molecule has 0 fully saturated rings. The molecule has 5 heteroatoms. The summed E-state index contributed by atoms with van der Waals surface area (Å²) >= 11 is 0. The van der Waals surface area contributed by atoms with Crippen LogP contribution in [-0.4, -0.2) is 22.4 Å². The van der Waals surface area contributed by atoms with Crippen molar-refractivity contribution in [2.75, 3.05) is 11.9 Å². The molecule has 0 amide bonds. The molecule has 5 nitrogen and oxygen atoms in total. The van der Waals surface area contributed by atoms with E-state index in [9.17, 15) is 4.79 Å². The molecule has 1 heterocycles. The second-order valence-corrected chi connectivity index (χ2v) is 4.82. The molecule has 1 atom stereocenters. The van der Waals surface area contributed by atoms with Crippen molar-refractivity contribution in [1.82, 2.24) is 9.78 Å². The molecule has 0 aliphatic carbocycles. The van der Waals surface area contributed by atoms with Crippen LogP contribution in [0.2, 0.25) is 0 Å². The lowest BCUT2D eigenvalue weighted by atomic mass is 10.1. The Hall–Kier alpha value is -2.30. The van der Waals surface area contributed by atoms with Crippen LogP contribution in [0.5, 0.6) is 0 Å². The smallest absolute Gasteiger partial charge is 0.333 e. The highest BCUT2D eigenvalue weighted by Gasteiger charge is 2.23. The summed E-state index contributed by atoms with van der Waals surface area (Å²) in [5.74, 6) is -0.297. The van der Waals surface area contributed by atoms with E-state index in [0.29, 0.717) is 6.61 Å². The second kappa shape index (κ2) is 6.92. The molecule has 0 aliphatic rings. The minimum absolute atomic E-state index is 0.297. The number of benzene rings is 1. The average Bonchev–Trinajstić information content (AvgIpc) is 2.95.